The number of carbonyl (C=O) groups is 1. The van der Waals surface area contributed by atoms with Crippen LogP contribution in [0.1, 0.15) is 31.9 Å². The monoisotopic (exact) mass is 336 g/mol. The SMILES string of the molecule is CC(=O)Nc1ccc(OC2=NC(C)(C)Oc3ccc(C#N)cc32)nc1. The van der Waals surface area contributed by atoms with Crippen LogP contribution in [-0.2, 0) is 4.79 Å². The van der Waals surface area contributed by atoms with Crippen molar-refractivity contribution in [3.8, 4) is 17.7 Å². The van der Waals surface area contributed by atoms with Crippen molar-refractivity contribution < 1.29 is 14.3 Å². The molecule has 1 aliphatic heterocycles. The number of nitriles is 1. The van der Waals surface area contributed by atoms with Gasteiger partial charge in [0.25, 0.3) is 0 Å². The van der Waals surface area contributed by atoms with Crippen LogP contribution in [0, 0.1) is 11.3 Å². The Labute approximate surface area is 144 Å². The summed E-state index contributed by atoms with van der Waals surface area (Å²) in [6.45, 7) is 5.04. The zero-order valence-electron chi connectivity index (χ0n) is 14.0. The van der Waals surface area contributed by atoms with Gasteiger partial charge in [0, 0.05) is 13.0 Å². The molecule has 7 nitrogen and oxygen atoms in total. The molecule has 0 unspecified atom stereocenters. The first-order chi connectivity index (χ1) is 11.9. The molecule has 2 aromatic rings. The standard InChI is InChI=1S/C18H16N4O3/c1-11(23)21-13-5-7-16(20-10-13)24-17-14-8-12(9-19)4-6-15(14)25-18(2,3)22-17/h4-8,10H,1-3H3,(H,21,23). The van der Waals surface area contributed by atoms with Crippen LogP contribution in [0.4, 0.5) is 5.69 Å². The summed E-state index contributed by atoms with van der Waals surface area (Å²) in [5.74, 6) is 1.05. The molecule has 2 heterocycles. The fourth-order valence-corrected chi connectivity index (χ4v) is 2.35. The molecule has 0 spiro atoms. The molecular formula is C18H16N4O3. The number of carbonyl (C=O) groups excluding carboxylic acids is 1. The second-order valence-electron chi connectivity index (χ2n) is 5.96. The van der Waals surface area contributed by atoms with E-state index in [-0.39, 0.29) is 5.91 Å². The van der Waals surface area contributed by atoms with E-state index in [1.165, 1.54) is 13.1 Å². The Morgan fingerprint density at radius 3 is 2.76 bits per heavy atom. The van der Waals surface area contributed by atoms with Crippen molar-refractivity contribution in [2.45, 2.75) is 26.5 Å². The van der Waals surface area contributed by atoms with E-state index in [1.807, 2.05) is 13.8 Å². The summed E-state index contributed by atoms with van der Waals surface area (Å²) in [5.41, 5.74) is 0.840. The van der Waals surface area contributed by atoms with Gasteiger partial charge in [-0.3, -0.25) is 4.79 Å². The minimum Gasteiger partial charge on any atom is -0.466 e. The number of benzene rings is 1. The lowest BCUT2D eigenvalue weighted by atomic mass is 10.1. The summed E-state index contributed by atoms with van der Waals surface area (Å²) in [4.78, 5) is 19.7. The lowest BCUT2D eigenvalue weighted by molar-refractivity contribution is -0.114. The summed E-state index contributed by atoms with van der Waals surface area (Å²) < 4.78 is 11.6. The number of hydrogen-bond acceptors (Lipinski definition) is 6. The van der Waals surface area contributed by atoms with E-state index >= 15 is 0 Å². The van der Waals surface area contributed by atoms with Gasteiger partial charge in [0.15, 0.2) is 5.72 Å². The molecule has 0 bridgehead atoms. The zero-order chi connectivity index (χ0) is 18.0. The third-order valence-electron chi connectivity index (χ3n) is 3.33. The van der Waals surface area contributed by atoms with Gasteiger partial charge in [0.1, 0.15) is 5.75 Å². The van der Waals surface area contributed by atoms with Crippen LogP contribution in [-0.4, -0.2) is 22.5 Å². The lowest BCUT2D eigenvalue weighted by Gasteiger charge is -2.29. The molecule has 1 aliphatic rings. The fourth-order valence-electron chi connectivity index (χ4n) is 2.35. The van der Waals surface area contributed by atoms with Crippen LogP contribution in [0.2, 0.25) is 0 Å². The lowest BCUT2D eigenvalue weighted by Crippen LogP contribution is -2.34. The maximum Gasteiger partial charge on any atom is 0.231 e. The number of aromatic nitrogens is 1. The average Bonchev–Trinajstić information content (AvgIpc) is 2.55. The van der Waals surface area contributed by atoms with Crippen LogP contribution in [0.25, 0.3) is 0 Å². The minimum atomic E-state index is -0.799. The van der Waals surface area contributed by atoms with Crippen molar-refractivity contribution in [1.29, 1.82) is 5.26 Å². The Balaban J connectivity index is 1.92. The predicted molar refractivity (Wildman–Crippen MR) is 91.6 cm³/mol. The topological polar surface area (TPSA) is 96.6 Å². The van der Waals surface area contributed by atoms with Crippen molar-refractivity contribution in [3.63, 3.8) is 0 Å². The number of pyridine rings is 1. The van der Waals surface area contributed by atoms with Gasteiger partial charge >= 0.3 is 0 Å². The van der Waals surface area contributed by atoms with Gasteiger partial charge in [0.2, 0.25) is 17.7 Å². The largest absolute Gasteiger partial charge is 0.466 e. The number of rotatable bonds is 2. The molecule has 7 heteroatoms. The molecule has 25 heavy (non-hydrogen) atoms. The summed E-state index contributed by atoms with van der Waals surface area (Å²) in [6, 6.07) is 10.5. The fraction of sp³-hybridized carbons (Fsp3) is 0.222. The molecule has 1 amide bonds. The highest BCUT2D eigenvalue weighted by Gasteiger charge is 2.30. The van der Waals surface area contributed by atoms with Crippen LogP contribution in [0.15, 0.2) is 41.5 Å². The molecule has 0 saturated carbocycles. The Morgan fingerprint density at radius 2 is 2.12 bits per heavy atom. The first kappa shape index (κ1) is 16.5. The van der Waals surface area contributed by atoms with Gasteiger partial charge < -0.3 is 14.8 Å². The first-order valence-electron chi connectivity index (χ1n) is 7.61. The number of nitrogens with one attached hydrogen (secondary N) is 1. The number of nitrogens with zero attached hydrogens (tertiary/aromatic N) is 3. The molecule has 1 N–H and O–H groups in total. The molecule has 0 saturated heterocycles. The molecule has 1 aromatic carbocycles. The maximum atomic E-state index is 11.1. The molecule has 0 fully saturated rings. The van der Waals surface area contributed by atoms with Crippen LogP contribution < -0.4 is 14.8 Å². The van der Waals surface area contributed by atoms with Crippen molar-refractivity contribution in [3.05, 3.63) is 47.7 Å². The van der Waals surface area contributed by atoms with Crippen molar-refractivity contribution in [1.82, 2.24) is 4.98 Å². The van der Waals surface area contributed by atoms with E-state index in [1.54, 1.807) is 30.3 Å². The van der Waals surface area contributed by atoms with Gasteiger partial charge in [-0.25, -0.2) is 9.98 Å². The van der Waals surface area contributed by atoms with Crippen LogP contribution in [0.3, 0.4) is 0 Å². The summed E-state index contributed by atoms with van der Waals surface area (Å²) in [6.07, 6.45) is 1.49. The van der Waals surface area contributed by atoms with Gasteiger partial charge in [-0.05, 0) is 38.1 Å². The Bertz CT molecular complexity index is 896. The van der Waals surface area contributed by atoms with Gasteiger partial charge in [-0.1, -0.05) is 0 Å². The van der Waals surface area contributed by atoms with E-state index in [2.05, 4.69) is 21.4 Å². The van der Waals surface area contributed by atoms with Crippen LogP contribution >= 0.6 is 0 Å². The molecular weight excluding hydrogens is 320 g/mol. The Hall–Kier alpha value is -3.40. The molecule has 0 radical (unpaired) electrons. The second-order valence-corrected chi connectivity index (χ2v) is 5.96. The van der Waals surface area contributed by atoms with Crippen LogP contribution in [0.5, 0.6) is 11.6 Å². The predicted octanol–water partition coefficient (Wildman–Crippen LogP) is 2.87. The Morgan fingerprint density at radius 1 is 1.32 bits per heavy atom. The van der Waals surface area contributed by atoms with E-state index < -0.39 is 5.72 Å². The average molecular weight is 336 g/mol. The number of amides is 1. The molecule has 3 rings (SSSR count). The van der Waals surface area contributed by atoms with Gasteiger partial charge in [-0.2, -0.15) is 5.26 Å². The summed E-state index contributed by atoms with van der Waals surface area (Å²) >= 11 is 0. The summed E-state index contributed by atoms with van der Waals surface area (Å²) in [5, 5.41) is 11.7. The Kier molecular flexibility index (Phi) is 4.11. The van der Waals surface area contributed by atoms with E-state index in [0.717, 1.165) is 0 Å². The number of ether oxygens (including phenoxy) is 2. The molecule has 126 valence electrons. The highest BCUT2D eigenvalue weighted by Crippen LogP contribution is 2.31. The minimum absolute atomic E-state index is 0.177. The summed E-state index contributed by atoms with van der Waals surface area (Å²) in [7, 11) is 0. The third kappa shape index (κ3) is 3.75. The first-order valence-corrected chi connectivity index (χ1v) is 7.61. The van der Waals surface area contributed by atoms with E-state index in [4.69, 9.17) is 14.7 Å². The molecule has 0 atom stereocenters. The molecule has 1 aromatic heterocycles. The van der Waals surface area contributed by atoms with Gasteiger partial charge in [0.05, 0.1) is 29.1 Å². The van der Waals surface area contributed by atoms with Gasteiger partial charge in [-0.15, -0.1) is 0 Å². The number of anilines is 1. The highest BCUT2D eigenvalue weighted by atomic mass is 16.5. The number of hydrogen-bond donors (Lipinski definition) is 1. The quantitative estimate of drug-likeness (QED) is 0.909. The smallest absolute Gasteiger partial charge is 0.231 e. The van der Waals surface area contributed by atoms with E-state index in [9.17, 15) is 4.79 Å². The zero-order valence-corrected chi connectivity index (χ0v) is 14.0. The van der Waals surface area contributed by atoms with E-state index in [0.29, 0.717) is 34.3 Å². The van der Waals surface area contributed by atoms with Crippen molar-refractivity contribution >= 4 is 17.5 Å². The number of fused-ring (bicyclic) bond motifs is 1. The maximum absolute atomic E-state index is 11.1. The normalized spacial score (nSPS) is 14.4. The highest BCUT2D eigenvalue weighted by molar-refractivity contribution is 5.99. The number of aliphatic imine (C=N–C) groups is 1. The molecule has 0 aliphatic carbocycles. The third-order valence-corrected chi connectivity index (χ3v) is 3.33. The van der Waals surface area contributed by atoms with Crippen molar-refractivity contribution in [2.75, 3.05) is 5.32 Å². The van der Waals surface area contributed by atoms with Crippen molar-refractivity contribution in [2.24, 2.45) is 4.99 Å². The second kappa shape index (κ2) is 6.24.